The minimum Gasteiger partial charge on any atom is -0.382 e. The lowest BCUT2D eigenvalue weighted by Gasteiger charge is -2.33. The molecule has 0 aromatic carbocycles. The number of hydrogen-bond donors (Lipinski definition) is 1. The van der Waals surface area contributed by atoms with Gasteiger partial charge in [-0.05, 0) is 26.2 Å². The maximum atomic E-state index is 12.0. The molecule has 0 heterocycles. The molecule has 2 nitrogen and oxygen atoms in total. The van der Waals surface area contributed by atoms with Crippen LogP contribution in [0.15, 0.2) is 12.7 Å². The Kier molecular flexibility index (Phi) is 4.11. The first-order valence-corrected chi connectivity index (χ1v) is 5.41. The molecule has 15 heavy (non-hydrogen) atoms. The normalized spacial score (nSPS) is 30.5. The first kappa shape index (κ1) is 12.0. The van der Waals surface area contributed by atoms with Crippen LogP contribution < -0.4 is 0 Å². The minimum atomic E-state index is -1.17. The van der Waals surface area contributed by atoms with E-state index >= 15 is 0 Å². The molecule has 0 aromatic heterocycles. The summed E-state index contributed by atoms with van der Waals surface area (Å²) in [5, 5.41) is 10.1. The predicted octanol–water partition coefficient (Wildman–Crippen LogP) is 2.08. The van der Waals surface area contributed by atoms with E-state index in [0.29, 0.717) is 19.3 Å². The molecule has 0 aliphatic heterocycles. The molecule has 1 aliphatic rings. The molecule has 0 saturated heterocycles. The average Bonchev–Trinajstić information content (AvgIpc) is 2.21. The molecule has 1 rings (SSSR count). The van der Waals surface area contributed by atoms with Gasteiger partial charge in [-0.3, -0.25) is 4.79 Å². The molecular formula is C13H18O2. The van der Waals surface area contributed by atoms with Gasteiger partial charge in [0.1, 0.15) is 5.60 Å². The van der Waals surface area contributed by atoms with Crippen LogP contribution in [0, 0.1) is 17.8 Å². The van der Waals surface area contributed by atoms with Crippen LogP contribution in [-0.2, 0) is 4.79 Å². The summed E-state index contributed by atoms with van der Waals surface area (Å²) in [5.74, 6) is 5.58. The largest absolute Gasteiger partial charge is 0.382 e. The smallest absolute Gasteiger partial charge is 0.168 e. The van der Waals surface area contributed by atoms with E-state index in [1.165, 1.54) is 0 Å². The molecule has 1 saturated carbocycles. The molecule has 0 spiro atoms. The van der Waals surface area contributed by atoms with Crippen molar-refractivity contribution in [2.75, 3.05) is 0 Å². The van der Waals surface area contributed by atoms with E-state index < -0.39 is 5.60 Å². The molecule has 0 amide bonds. The number of Topliss-reactive ketones (excluding diaryl/α,β-unsaturated/α-hetero) is 1. The zero-order chi connectivity index (χ0) is 11.3. The van der Waals surface area contributed by atoms with Gasteiger partial charge in [-0.2, -0.15) is 0 Å². The maximum absolute atomic E-state index is 12.0. The molecule has 2 heteroatoms. The van der Waals surface area contributed by atoms with Gasteiger partial charge in [0, 0.05) is 18.8 Å². The van der Waals surface area contributed by atoms with Gasteiger partial charge < -0.3 is 5.11 Å². The van der Waals surface area contributed by atoms with E-state index in [1.807, 2.05) is 0 Å². The minimum absolute atomic E-state index is 0.0450. The second-order valence-corrected chi connectivity index (χ2v) is 4.11. The van der Waals surface area contributed by atoms with E-state index in [-0.39, 0.29) is 11.7 Å². The highest BCUT2D eigenvalue weighted by atomic mass is 16.3. The summed E-state index contributed by atoms with van der Waals surface area (Å²) in [6, 6.07) is 0. The van der Waals surface area contributed by atoms with E-state index in [4.69, 9.17) is 0 Å². The third-order valence-electron chi connectivity index (χ3n) is 2.98. The van der Waals surface area contributed by atoms with E-state index in [0.717, 1.165) is 12.8 Å². The molecule has 1 aliphatic carbocycles. The molecule has 1 N–H and O–H groups in total. The number of hydrogen-bond acceptors (Lipinski definition) is 2. The van der Waals surface area contributed by atoms with Crippen molar-refractivity contribution in [1.29, 1.82) is 0 Å². The van der Waals surface area contributed by atoms with Crippen LogP contribution >= 0.6 is 0 Å². The van der Waals surface area contributed by atoms with Gasteiger partial charge >= 0.3 is 0 Å². The monoisotopic (exact) mass is 206 g/mol. The van der Waals surface area contributed by atoms with Crippen molar-refractivity contribution in [2.24, 2.45) is 5.92 Å². The Balaban J connectivity index is 2.72. The molecule has 1 fully saturated rings. The zero-order valence-electron chi connectivity index (χ0n) is 9.25. The van der Waals surface area contributed by atoms with Crippen molar-refractivity contribution >= 4 is 5.78 Å². The molecule has 2 atom stereocenters. The predicted molar refractivity (Wildman–Crippen MR) is 60.2 cm³/mol. The number of ketones is 1. The Bertz CT molecular complexity index is 308. The van der Waals surface area contributed by atoms with Crippen LogP contribution in [0.25, 0.3) is 0 Å². The second kappa shape index (κ2) is 5.14. The number of carbonyl (C=O) groups is 1. The SMILES string of the molecule is C=CC[C@]1(O)CCC[C@H](CC#CC)C1=O. The Morgan fingerprint density at radius 3 is 3.07 bits per heavy atom. The van der Waals surface area contributed by atoms with E-state index in [1.54, 1.807) is 13.0 Å². The molecule has 0 bridgehead atoms. The first-order valence-electron chi connectivity index (χ1n) is 5.41. The lowest BCUT2D eigenvalue weighted by atomic mass is 9.74. The van der Waals surface area contributed by atoms with Gasteiger partial charge in [0.05, 0.1) is 0 Å². The third-order valence-corrected chi connectivity index (χ3v) is 2.98. The quantitative estimate of drug-likeness (QED) is 0.567. The molecule has 0 radical (unpaired) electrons. The fourth-order valence-corrected chi connectivity index (χ4v) is 2.14. The van der Waals surface area contributed by atoms with Crippen LogP contribution in [0.5, 0.6) is 0 Å². The number of rotatable bonds is 3. The lowest BCUT2D eigenvalue weighted by molar-refractivity contribution is -0.145. The van der Waals surface area contributed by atoms with Crippen molar-refractivity contribution in [3.63, 3.8) is 0 Å². The van der Waals surface area contributed by atoms with Crippen LogP contribution in [0.1, 0.15) is 39.0 Å². The Morgan fingerprint density at radius 2 is 2.47 bits per heavy atom. The van der Waals surface area contributed by atoms with Crippen molar-refractivity contribution in [2.45, 2.75) is 44.6 Å². The van der Waals surface area contributed by atoms with Crippen LogP contribution in [-0.4, -0.2) is 16.5 Å². The fourth-order valence-electron chi connectivity index (χ4n) is 2.14. The Labute approximate surface area is 91.4 Å². The highest BCUT2D eigenvalue weighted by Gasteiger charge is 2.41. The summed E-state index contributed by atoms with van der Waals surface area (Å²) in [5.41, 5.74) is -1.17. The van der Waals surface area contributed by atoms with E-state index in [2.05, 4.69) is 18.4 Å². The van der Waals surface area contributed by atoms with Gasteiger partial charge in [-0.25, -0.2) is 0 Å². The summed E-state index contributed by atoms with van der Waals surface area (Å²) < 4.78 is 0. The second-order valence-electron chi connectivity index (χ2n) is 4.11. The topological polar surface area (TPSA) is 37.3 Å². The van der Waals surface area contributed by atoms with Crippen LogP contribution in [0.3, 0.4) is 0 Å². The average molecular weight is 206 g/mol. The summed E-state index contributed by atoms with van der Waals surface area (Å²) in [6.07, 6.45) is 4.87. The standard InChI is InChI=1S/C13H18O2/c1-3-5-7-11-8-6-10-13(15,9-4-2)12(11)14/h4,11,15H,2,6-10H2,1H3/t11-,13-/m0/s1. The van der Waals surface area contributed by atoms with E-state index in [9.17, 15) is 9.90 Å². The maximum Gasteiger partial charge on any atom is 0.168 e. The summed E-state index contributed by atoms with van der Waals surface area (Å²) in [7, 11) is 0. The molecule has 0 unspecified atom stereocenters. The Hall–Kier alpha value is -1.07. The van der Waals surface area contributed by atoms with Gasteiger partial charge in [0.15, 0.2) is 5.78 Å². The van der Waals surface area contributed by atoms with Crippen LogP contribution in [0.2, 0.25) is 0 Å². The zero-order valence-corrected chi connectivity index (χ0v) is 9.25. The Morgan fingerprint density at radius 1 is 1.73 bits per heavy atom. The van der Waals surface area contributed by atoms with Gasteiger partial charge in [0.25, 0.3) is 0 Å². The first-order chi connectivity index (χ1) is 7.14. The summed E-state index contributed by atoms with van der Waals surface area (Å²) >= 11 is 0. The van der Waals surface area contributed by atoms with Crippen LogP contribution in [0.4, 0.5) is 0 Å². The molecule has 0 aromatic rings. The van der Waals surface area contributed by atoms with Gasteiger partial charge in [-0.1, -0.05) is 6.08 Å². The number of carbonyl (C=O) groups excluding carboxylic acids is 1. The fraction of sp³-hybridized carbons (Fsp3) is 0.615. The van der Waals surface area contributed by atoms with Gasteiger partial charge in [-0.15, -0.1) is 18.4 Å². The highest BCUT2D eigenvalue weighted by Crippen LogP contribution is 2.33. The van der Waals surface area contributed by atoms with Crippen molar-refractivity contribution in [1.82, 2.24) is 0 Å². The number of aliphatic hydroxyl groups is 1. The van der Waals surface area contributed by atoms with Crippen molar-refractivity contribution in [3.05, 3.63) is 12.7 Å². The van der Waals surface area contributed by atoms with Gasteiger partial charge in [0.2, 0.25) is 0 Å². The summed E-state index contributed by atoms with van der Waals surface area (Å²) in [4.78, 5) is 12.0. The summed E-state index contributed by atoms with van der Waals surface area (Å²) in [6.45, 7) is 5.35. The van der Waals surface area contributed by atoms with Crippen molar-refractivity contribution < 1.29 is 9.90 Å². The highest BCUT2D eigenvalue weighted by molar-refractivity contribution is 5.90. The molecule has 82 valence electrons. The lowest BCUT2D eigenvalue weighted by Crippen LogP contribution is -2.45. The van der Waals surface area contributed by atoms with Crippen molar-refractivity contribution in [3.8, 4) is 11.8 Å². The molecular weight excluding hydrogens is 188 g/mol. The third kappa shape index (κ3) is 2.70.